The maximum atomic E-state index is 11.6. The predicted molar refractivity (Wildman–Crippen MR) is 72.3 cm³/mol. The lowest BCUT2D eigenvalue weighted by Crippen LogP contribution is -2.37. The number of carbonyl (C=O) groups is 2. The third-order valence-corrected chi connectivity index (χ3v) is 2.58. The van der Waals surface area contributed by atoms with Gasteiger partial charge in [-0.2, -0.15) is 0 Å². The van der Waals surface area contributed by atoms with Crippen LogP contribution in [0.5, 0.6) is 0 Å². The fourth-order valence-electron chi connectivity index (χ4n) is 1.55. The first kappa shape index (κ1) is 15.2. The Bertz CT molecular complexity index is 406. The van der Waals surface area contributed by atoms with Crippen LogP contribution in [0.25, 0.3) is 0 Å². The van der Waals surface area contributed by atoms with E-state index in [1.54, 1.807) is 24.3 Å². The number of aliphatic hydroxyl groups is 1. The summed E-state index contributed by atoms with van der Waals surface area (Å²) in [6.45, 7) is 2.50. The summed E-state index contributed by atoms with van der Waals surface area (Å²) < 4.78 is 0. The van der Waals surface area contributed by atoms with Crippen molar-refractivity contribution >= 4 is 11.8 Å². The van der Waals surface area contributed by atoms with Gasteiger partial charge in [0.05, 0.1) is 19.1 Å². The molecule has 0 aromatic heterocycles. The Morgan fingerprint density at radius 2 is 1.84 bits per heavy atom. The molecular formula is C14H20N2O3. The van der Waals surface area contributed by atoms with Gasteiger partial charge in [0.15, 0.2) is 0 Å². The molecular weight excluding hydrogens is 244 g/mol. The van der Waals surface area contributed by atoms with Crippen LogP contribution in [0, 0.1) is 0 Å². The van der Waals surface area contributed by atoms with Crippen LogP contribution in [0.4, 0.5) is 0 Å². The molecule has 1 aromatic rings. The third kappa shape index (κ3) is 6.01. The molecule has 0 heterocycles. The average molecular weight is 264 g/mol. The van der Waals surface area contributed by atoms with Crippen molar-refractivity contribution in [2.75, 3.05) is 13.1 Å². The first-order valence-corrected chi connectivity index (χ1v) is 6.40. The van der Waals surface area contributed by atoms with Gasteiger partial charge in [0, 0.05) is 6.54 Å². The summed E-state index contributed by atoms with van der Waals surface area (Å²) in [5.74, 6) is -0.563. The molecule has 1 rings (SSSR count). The van der Waals surface area contributed by atoms with E-state index in [0.29, 0.717) is 12.1 Å². The predicted octanol–water partition coefficient (Wildman–Crippen LogP) is 0.752. The summed E-state index contributed by atoms with van der Waals surface area (Å²) in [4.78, 5) is 22.8. The number of amides is 2. The Balaban J connectivity index is 2.29. The van der Waals surface area contributed by atoms with Crippen molar-refractivity contribution in [2.45, 2.75) is 25.9 Å². The lowest BCUT2D eigenvalue weighted by Gasteiger charge is -2.11. The van der Waals surface area contributed by atoms with E-state index in [1.807, 2.05) is 13.0 Å². The van der Waals surface area contributed by atoms with Crippen molar-refractivity contribution in [3.05, 3.63) is 35.9 Å². The highest BCUT2D eigenvalue weighted by molar-refractivity contribution is 5.84. The summed E-state index contributed by atoms with van der Waals surface area (Å²) in [6.07, 6.45) is -0.0443. The van der Waals surface area contributed by atoms with Gasteiger partial charge in [0.1, 0.15) is 0 Å². The molecule has 0 aliphatic rings. The van der Waals surface area contributed by atoms with E-state index in [9.17, 15) is 14.7 Å². The van der Waals surface area contributed by atoms with Crippen LogP contribution in [-0.4, -0.2) is 30.0 Å². The third-order valence-electron chi connectivity index (χ3n) is 2.58. The zero-order valence-corrected chi connectivity index (χ0v) is 11.1. The molecule has 0 fully saturated rings. The zero-order chi connectivity index (χ0) is 14.1. The van der Waals surface area contributed by atoms with Crippen LogP contribution < -0.4 is 10.6 Å². The van der Waals surface area contributed by atoms with Gasteiger partial charge in [-0.3, -0.25) is 9.59 Å². The van der Waals surface area contributed by atoms with Gasteiger partial charge < -0.3 is 15.7 Å². The number of rotatable bonds is 7. The summed E-state index contributed by atoms with van der Waals surface area (Å²) in [6, 6.07) is 8.95. The second-order valence-electron chi connectivity index (χ2n) is 4.26. The molecule has 1 aromatic carbocycles. The number of nitrogens with one attached hydrogen (secondary N) is 2. The maximum Gasteiger partial charge on any atom is 0.239 e. The minimum atomic E-state index is -0.847. The van der Waals surface area contributed by atoms with E-state index in [4.69, 9.17) is 0 Å². The van der Waals surface area contributed by atoms with Crippen molar-refractivity contribution < 1.29 is 14.7 Å². The average Bonchev–Trinajstić information content (AvgIpc) is 2.43. The standard InChI is InChI=1S/C14H20N2O3/c1-2-8-15-14(19)10-16-13(18)9-12(17)11-6-4-3-5-7-11/h3-7,12,17H,2,8-10H2,1H3,(H,15,19)(H,16,18). The van der Waals surface area contributed by atoms with Crippen LogP contribution >= 0.6 is 0 Å². The fraction of sp³-hybridized carbons (Fsp3) is 0.429. The van der Waals surface area contributed by atoms with Crippen molar-refractivity contribution in [1.29, 1.82) is 0 Å². The molecule has 2 amide bonds. The minimum absolute atomic E-state index is 0.0505. The summed E-state index contributed by atoms with van der Waals surface area (Å²) in [7, 11) is 0. The normalized spacial score (nSPS) is 11.7. The first-order chi connectivity index (χ1) is 9.13. The van der Waals surface area contributed by atoms with Crippen LogP contribution in [0.15, 0.2) is 30.3 Å². The SMILES string of the molecule is CCCNC(=O)CNC(=O)CC(O)c1ccccc1. The molecule has 0 bridgehead atoms. The van der Waals surface area contributed by atoms with Gasteiger partial charge >= 0.3 is 0 Å². The van der Waals surface area contributed by atoms with Gasteiger partial charge in [-0.1, -0.05) is 37.3 Å². The highest BCUT2D eigenvalue weighted by Gasteiger charge is 2.13. The molecule has 0 spiro atoms. The van der Waals surface area contributed by atoms with E-state index < -0.39 is 6.10 Å². The molecule has 0 saturated heterocycles. The summed E-state index contributed by atoms with van der Waals surface area (Å²) in [5, 5.41) is 15.0. The maximum absolute atomic E-state index is 11.6. The molecule has 0 aliphatic carbocycles. The molecule has 5 heteroatoms. The molecule has 1 atom stereocenters. The summed E-state index contributed by atoms with van der Waals surface area (Å²) >= 11 is 0. The van der Waals surface area contributed by atoms with E-state index in [-0.39, 0.29) is 24.8 Å². The number of hydrogen-bond donors (Lipinski definition) is 3. The van der Waals surface area contributed by atoms with Crippen LogP contribution in [-0.2, 0) is 9.59 Å². The Hall–Kier alpha value is -1.88. The first-order valence-electron chi connectivity index (χ1n) is 6.40. The Morgan fingerprint density at radius 3 is 2.47 bits per heavy atom. The van der Waals surface area contributed by atoms with Crippen molar-refractivity contribution in [2.24, 2.45) is 0 Å². The highest BCUT2D eigenvalue weighted by atomic mass is 16.3. The number of hydrogen-bond acceptors (Lipinski definition) is 3. The van der Waals surface area contributed by atoms with Crippen LogP contribution in [0.2, 0.25) is 0 Å². The Morgan fingerprint density at radius 1 is 1.16 bits per heavy atom. The second kappa shape index (κ2) is 8.26. The molecule has 0 saturated carbocycles. The van der Waals surface area contributed by atoms with E-state index in [1.165, 1.54) is 0 Å². The number of aliphatic hydroxyl groups excluding tert-OH is 1. The fourth-order valence-corrected chi connectivity index (χ4v) is 1.55. The van der Waals surface area contributed by atoms with Gasteiger partial charge in [-0.25, -0.2) is 0 Å². The zero-order valence-electron chi connectivity index (χ0n) is 11.1. The molecule has 5 nitrogen and oxygen atoms in total. The number of carbonyl (C=O) groups excluding carboxylic acids is 2. The largest absolute Gasteiger partial charge is 0.388 e. The Labute approximate surface area is 113 Å². The van der Waals surface area contributed by atoms with Gasteiger partial charge in [0.25, 0.3) is 0 Å². The van der Waals surface area contributed by atoms with Gasteiger partial charge in [-0.15, -0.1) is 0 Å². The van der Waals surface area contributed by atoms with Crippen molar-refractivity contribution in [3.63, 3.8) is 0 Å². The highest BCUT2D eigenvalue weighted by Crippen LogP contribution is 2.15. The van der Waals surface area contributed by atoms with E-state index >= 15 is 0 Å². The second-order valence-corrected chi connectivity index (χ2v) is 4.26. The molecule has 0 aliphatic heterocycles. The van der Waals surface area contributed by atoms with Crippen molar-refractivity contribution in [3.8, 4) is 0 Å². The van der Waals surface area contributed by atoms with Crippen LogP contribution in [0.3, 0.4) is 0 Å². The molecule has 1 unspecified atom stereocenters. The lowest BCUT2D eigenvalue weighted by atomic mass is 10.1. The van der Waals surface area contributed by atoms with Gasteiger partial charge in [0.2, 0.25) is 11.8 Å². The van der Waals surface area contributed by atoms with E-state index in [2.05, 4.69) is 10.6 Å². The van der Waals surface area contributed by atoms with Crippen molar-refractivity contribution in [1.82, 2.24) is 10.6 Å². The van der Waals surface area contributed by atoms with Crippen LogP contribution in [0.1, 0.15) is 31.4 Å². The quantitative estimate of drug-likeness (QED) is 0.680. The van der Waals surface area contributed by atoms with E-state index in [0.717, 1.165) is 6.42 Å². The summed E-state index contributed by atoms with van der Waals surface area (Å²) in [5.41, 5.74) is 0.688. The smallest absolute Gasteiger partial charge is 0.239 e. The number of benzene rings is 1. The molecule has 104 valence electrons. The minimum Gasteiger partial charge on any atom is -0.388 e. The topological polar surface area (TPSA) is 78.4 Å². The van der Waals surface area contributed by atoms with Gasteiger partial charge in [-0.05, 0) is 12.0 Å². The Kier molecular flexibility index (Phi) is 6.60. The molecule has 3 N–H and O–H groups in total. The monoisotopic (exact) mass is 264 g/mol. The molecule has 0 radical (unpaired) electrons. The lowest BCUT2D eigenvalue weighted by molar-refractivity contribution is -0.127. The molecule has 19 heavy (non-hydrogen) atoms.